The third-order valence-electron chi connectivity index (χ3n) is 5.16. The van der Waals surface area contributed by atoms with Gasteiger partial charge in [0.25, 0.3) is 0 Å². The van der Waals surface area contributed by atoms with Gasteiger partial charge >= 0.3 is 5.97 Å². The smallest absolute Gasteiger partial charge is 0.303 e. The van der Waals surface area contributed by atoms with E-state index in [9.17, 15) is 19.8 Å². The van der Waals surface area contributed by atoms with Crippen molar-refractivity contribution in [2.45, 2.75) is 101 Å². The van der Waals surface area contributed by atoms with Crippen LogP contribution >= 0.6 is 11.8 Å². The van der Waals surface area contributed by atoms with E-state index in [-0.39, 0.29) is 29.8 Å². The van der Waals surface area contributed by atoms with Gasteiger partial charge in [0, 0.05) is 29.8 Å². The average Bonchev–Trinajstić information content (AvgIpc) is 2.82. The van der Waals surface area contributed by atoms with E-state index in [1.54, 1.807) is 11.8 Å². The Labute approximate surface area is 161 Å². The molecule has 0 radical (unpaired) electrons. The van der Waals surface area contributed by atoms with Gasteiger partial charge in [-0.3, -0.25) is 9.59 Å². The summed E-state index contributed by atoms with van der Waals surface area (Å²) in [4.78, 5) is 22.7. The van der Waals surface area contributed by atoms with Crippen molar-refractivity contribution in [1.29, 1.82) is 0 Å². The van der Waals surface area contributed by atoms with Gasteiger partial charge in [0.1, 0.15) is 5.78 Å². The van der Waals surface area contributed by atoms with Crippen LogP contribution < -0.4 is 0 Å². The van der Waals surface area contributed by atoms with Crippen LogP contribution in [0.25, 0.3) is 0 Å². The minimum atomic E-state index is -0.762. The van der Waals surface area contributed by atoms with E-state index in [0.717, 1.165) is 51.4 Å². The van der Waals surface area contributed by atoms with Crippen molar-refractivity contribution in [3.63, 3.8) is 0 Å². The second-order valence-electron chi connectivity index (χ2n) is 7.92. The van der Waals surface area contributed by atoms with Crippen molar-refractivity contribution in [3.8, 4) is 0 Å². The zero-order valence-electron chi connectivity index (χ0n) is 16.3. The molecule has 3 N–H and O–H groups in total. The highest BCUT2D eigenvalue weighted by atomic mass is 32.2. The lowest BCUT2D eigenvalue weighted by Crippen LogP contribution is -2.32. The first-order valence-corrected chi connectivity index (χ1v) is 11.1. The molecule has 0 heterocycles. The second kappa shape index (κ2) is 12.0. The summed E-state index contributed by atoms with van der Waals surface area (Å²) in [6.07, 6.45) is 7.86. The number of aliphatic hydroxyl groups is 2. The summed E-state index contributed by atoms with van der Waals surface area (Å²) in [5.41, 5.74) is -0.757. The van der Waals surface area contributed by atoms with Crippen LogP contribution in [0, 0.1) is 5.92 Å². The summed E-state index contributed by atoms with van der Waals surface area (Å²) in [7, 11) is 0. The number of carbonyl (C=O) groups excluding carboxylic acids is 1. The molecule has 6 heteroatoms. The van der Waals surface area contributed by atoms with E-state index in [4.69, 9.17) is 5.11 Å². The Kier molecular flexibility index (Phi) is 10.8. The Morgan fingerprint density at radius 2 is 1.88 bits per heavy atom. The number of thioether (sulfide) groups is 1. The Hall–Kier alpha value is -0.590. The molecule has 0 aromatic heterocycles. The lowest BCUT2D eigenvalue weighted by Gasteiger charge is -2.27. The molecule has 1 aliphatic carbocycles. The zero-order chi connectivity index (χ0) is 19.6. The minimum absolute atomic E-state index is 0.126. The van der Waals surface area contributed by atoms with Crippen LogP contribution in [0.2, 0.25) is 0 Å². The first-order valence-electron chi connectivity index (χ1n) is 10.0. The van der Waals surface area contributed by atoms with E-state index >= 15 is 0 Å². The number of carbonyl (C=O) groups is 2. The topological polar surface area (TPSA) is 94.8 Å². The Balaban J connectivity index is 2.39. The van der Waals surface area contributed by atoms with Crippen molar-refractivity contribution in [3.05, 3.63) is 0 Å². The van der Waals surface area contributed by atoms with Crippen molar-refractivity contribution in [2.75, 3.05) is 5.75 Å². The maximum Gasteiger partial charge on any atom is 0.303 e. The molecule has 0 aromatic rings. The standard InChI is InChI=1S/C20H36O5S/c1-3-4-9-12-20(2,25)14-26-19-15(16(21)13-17(19)22)10-7-5-6-8-11-18(23)24/h15,17,19,22,25H,3-14H2,1-2H3,(H,23,24)/t15-,17+,19+,20?/m0/s1. The van der Waals surface area contributed by atoms with Gasteiger partial charge in [0.2, 0.25) is 0 Å². The number of hydrogen-bond donors (Lipinski definition) is 3. The fourth-order valence-corrected chi connectivity index (χ4v) is 5.11. The molecule has 0 amide bonds. The Morgan fingerprint density at radius 3 is 2.54 bits per heavy atom. The maximum absolute atomic E-state index is 12.2. The monoisotopic (exact) mass is 388 g/mol. The van der Waals surface area contributed by atoms with Gasteiger partial charge in [-0.1, -0.05) is 45.4 Å². The summed E-state index contributed by atoms with van der Waals surface area (Å²) in [5.74, 6) is -0.227. The van der Waals surface area contributed by atoms with Crippen LogP contribution in [0.15, 0.2) is 0 Å². The van der Waals surface area contributed by atoms with E-state index in [0.29, 0.717) is 12.2 Å². The fourth-order valence-electron chi connectivity index (χ4n) is 3.58. The van der Waals surface area contributed by atoms with Crippen LogP contribution in [0.3, 0.4) is 0 Å². The first-order chi connectivity index (χ1) is 12.3. The molecule has 0 aliphatic heterocycles. The van der Waals surface area contributed by atoms with Gasteiger partial charge in [0.05, 0.1) is 11.7 Å². The van der Waals surface area contributed by atoms with Crippen molar-refractivity contribution in [2.24, 2.45) is 5.92 Å². The predicted molar refractivity (Wildman–Crippen MR) is 105 cm³/mol. The molecule has 5 nitrogen and oxygen atoms in total. The number of carboxylic acids is 1. The summed E-state index contributed by atoms with van der Waals surface area (Å²) in [6.45, 7) is 3.98. The normalized spacial score (nSPS) is 25.4. The lowest BCUT2D eigenvalue weighted by atomic mass is 9.98. The first kappa shape index (κ1) is 23.4. The van der Waals surface area contributed by atoms with Gasteiger partial charge in [-0.2, -0.15) is 11.8 Å². The molecule has 1 fully saturated rings. The van der Waals surface area contributed by atoms with E-state index in [1.165, 1.54) is 0 Å². The van der Waals surface area contributed by atoms with Crippen molar-refractivity contribution < 1.29 is 24.9 Å². The molecular formula is C20H36O5S. The summed E-state index contributed by atoms with van der Waals surface area (Å²) in [5, 5.41) is 29.3. The van der Waals surface area contributed by atoms with E-state index < -0.39 is 17.7 Å². The predicted octanol–water partition coefficient (Wildman–Crippen LogP) is 3.79. The number of aliphatic hydroxyl groups excluding tert-OH is 1. The van der Waals surface area contributed by atoms with Crippen LogP contribution in [0.1, 0.15) is 84.5 Å². The molecular weight excluding hydrogens is 352 g/mol. The number of carboxylic acid groups (broad SMARTS) is 1. The molecule has 1 saturated carbocycles. The van der Waals surface area contributed by atoms with E-state index in [2.05, 4.69) is 6.92 Å². The number of ketones is 1. The largest absolute Gasteiger partial charge is 0.481 e. The quantitative estimate of drug-likeness (QED) is 0.392. The third kappa shape index (κ3) is 8.87. The molecule has 0 aromatic carbocycles. The van der Waals surface area contributed by atoms with Crippen LogP contribution in [-0.4, -0.2) is 49.8 Å². The maximum atomic E-state index is 12.2. The fraction of sp³-hybridized carbons (Fsp3) is 0.900. The molecule has 4 atom stereocenters. The van der Waals surface area contributed by atoms with Gasteiger partial charge in [-0.15, -0.1) is 0 Å². The number of unbranched alkanes of at least 4 members (excludes halogenated alkanes) is 5. The summed E-state index contributed by atoms with van der Waals surface area (Å²) < 4.78 is 0. The molecule has 0 saturated heterocycles. The van der Waals surface area contributed by atoms with Crippen molar-refractivity contribution >= 4 is 23.5 Å². The molecule has 0 bridgehead atoms. The second-order valence-corrected chi connectivity index (χ2v) is 9.09. The summed E-state index contributed by atoms with van der Waals surface area (Å²) in [6, 6.07) is 0. The Morgan fingerprint density at radius 1 is 1.19 bits per heavy atom. The number of Topliss-reactive ketones (excluding diaryl/α,β-unsaturated/α-hetero) is 1. The van der Waals surface area contributed by atoms with Gasteiger partial charge in [0.15, 0.2) is 0 Å². The SMILES string of the molecule is CCCCCC(C)(O)CS[C@H]1[C@H](O)CC(=O)[C@@H]1CCCCCCC(=O)O. The van der Waals surface area contributed by atoms with Gasteiger partial charge in [-0.05, 0) is 26.2 Å². The van der Waals surface area contributed by atoms with Crippen LogP contribution in [0.4, 0.5) is 0 Å². The Bertz CT molecular complexity index is 438. The van der Waals surface area contributed by atoms with Crippen LogP contribution in [-0.2, 0) is 9.59 Å². The number of aliphatic carboxylic acids is 1. The third-order valence-corrected chi connectivity index (χ3v) is 6.98. The number of rotatable bonds is 14. The van der Waals surface area contributed by atoms with Crippen molar-refractivity contribution in [1.82, 2.24) is 0 Å². The highest BCUT2D eigenvalue weighted by molar-refractivity contribution is 8.00. The molecule has 152 valence electrons. The molecule has 0 spiro atoms. The highest BCUT2D eigenvalue weighted by Crippen LogP contribution is 2.38. The molecule has 1 unspecified atom stereocenters. The van der Waals surface area contributed by atoms with E-state index in [1.807, 2.05) is 6.92 Å². The molecule has 1 rings (SSSR count). The zero-order valence-corrected chi connectivity index (χ0v) is 17.1. The van der Waals surface area contributed by atoms with Gasteiger partial charge < -0.3 is 15.3 Å². The van der Waals surface area contributed by atoms with Gasteiger partial charge in [-0.25, -0.2) is 0 Å². The average molecular weight is 389 g/mol. The summed E-state index contributed by atoms with van der Waals surface area (Å²) >= 11 is 1.54. The molecule has 26 heavy (non-hydrogen) atoms. The van der Waals surface area contributed by atoms with Crippen LogP contribution in [0.5, 0.6) is 0 Å². The highest BCUT2D eigenvalue weighted by Gasteiger charge is 2.42. The lowest BCUT2D eigenvalue weighted by molar-refractivity contribution is -0.137. The minimum Gasteiger partial charge on any atom is -0.481 e. The molecule has 1 aliphatic rings. The number of hydrogen-bond acceptors (Lipinski definition) is 5.